The van der Waals surface area contributed by atoms with Gasteiger partial charge in [0.05, 0.1) is 5.69 Å². The molecule has 0 saturated heterocycles. The number of hydrogen-bond acceptors (Lipinski definition) is 3. The minimum atomic E-state index is 0.548. The maximum atomic E-state index is 4.84. The zero-order valence-corrected chi connectivity index (χ0v) is 15.3. The summed E-state index contributed by atoms with van der Waals surface area (Å²) < 4.78 is 2.27. The van der Waals surface area contributed by atoms with Gasteiger partial charge >= 0.3 is 0 Å². The van der Waals surface area contributed by atoms with Crippen LogP contribution in [-0.4, -0.2) is 9.55 Å². The van der Waals surface area contributed by atoms with Crippen molar-refractivity contribution >= 4 is 17.0 Å². The van der Waals surface area contributed by atoms with Crippen LogP contribution in [0.3, 0.4) is 0 Å². The monoisotopic (exact) mass is 337 g/mol. The molecule has 4 heteroatoms. The van der Waals surface area contributed by atoms with Gasteiger partial charge in [0.1, 0.15) is 0 Å². The molecule has 0 atom stereocenters. The fourth-order valence-corrected chi connectivity index (χ4v) is 3.52. The van der Waals surface area contributed by atoms with Gasteiger partial charge in [-0.15, -0.1) is 11.3 Å². The number of rotatable bonds is 5. The van der Waals surface area contributed by atoms with E-state index >= 15 is 0 Å². The van der Waals surface area contributed by atoms with E-state index in [4.69, 9.17) is 4.99 Å². The van der Waals surface area contributed by atoms with Crippen LogP contribution in [0.25, 0.3) is 0 Å². The van der Waals surface area contributed by atoms with Gasteiger partial charge in [0.15, 0.2) is 4.80 Å². The topological polar surface area (TPSA) is 30.2 Å². The summed E-state index contributed by atoms with van der Waals surface area (Å²) >= 11 is 1.69. The number of aromatic nitrogens is 2. The molecule has 24 heavy (non-hydrogen) atoms. The second-order valence-electron chi connectivity index (χ2n) is 6.24. The molecule has 0 bridgehead atoms. The van der Waals surface area contributed by atoms with Crippen molar-refractivity contribution in [1.82, 2.24) is 9.55 Å². The molecule has 3 nitrogen and oxygen atoms in total. The molecule has 0 amide bonds. The van der Waals surface area contributed by atoms with E-state index in [0.29, 0.717) is 5.92 Å². The Morgan fingerprint density at radius 3 is 2.58 bits per heavy atom. The predicted octanol–water partition coefficient (Wildman–Crippen LogP) is 4.85. The molecular formula is C20H23N3S. The summed E-state index contributed by atoms with van der Waals surface area (Å²) in [6, 6.07) is 14.6. The summed E-state index contributed by atoms with van der Waals surface area (Å²) in [5.41, 5.74) is 4.71. The predicted molar refractivity (Wildman–Crippen MR) is 101 cm³/mol. The van der Waals surface area contributed by atoms with Crippen molar-refractivity contribution in [3.05, 3.63) is 75.8 Å². The Morgan fingerprint density at radius 1 is 1.12 bits per heavy atom. The first-order valence-corrected chi connectivity index (χ1v) is 9.21. The average Bonchev–Trinajstić information content (AvgIpc) is 2.94. The standard InChI is InChI=1S/C20H23N3S/c1-15(2)17-7-9-19(10-8-17)22-20-23(16(3)14-24-20)13-11-18-6-4-5-12-21-18/h4-10,12,14-15H,11,13H2,1-3H3. The molecule has 3 aromatic rings. The van der Waals surface area contributed by atoms with Gasteiger partial charge < -0.3 is 4.57 Å². The van der Waals surface area contributed by atoms with Crippen LogP contribution in [0.4, 0.5) is 5.69 Å². The van der Waals surface area contributed by atoms with E-state index in [1.165, 1.54) is 11.3 Å². The van der Waals surface area contributed by atoms with Crippen molar-refractivity contribution < 1.29 is 0 Å². The molecular weight excluding hydrogens is 314 g/mol. The fourth-order valence-electron chi connectivity index (χ4n) is 2.59. The van der Waals surface area contributed by atoms with Crippen LogP contribution in [0, 0.1) is 6.92 Å². The van der Waals surface area contributed by atoms with E-state index in [1.807, 2.05) is 18.3 Å². The minimum Gasteiger partial charge on any atom is -0.321 e. The summed E-state index contributed by atoms with van der Waals surface area (Å²) in [4.78, 5) is 10.3. The van der Waals surface area contributed by atoms with Crippen LogP contribution >= 0.6 is 11.3 Å². The van der Waals surface area contributed by atoms with Crippen molar-refractivity contribution in [2.45, 2.75) is 39.7 Å². The lowest BCUT2D eigenvalue weighted by Crippen LogP contribution is -2.17. The summed E-state index contributed by atoms with van der Waals surface area (Å²) in [5.74, 6) is 0.548. The van der Waals surface area contributed by atoms with Gasteiger partial charge in [-0.05, 0) is 42.7 Å². The van der Waals surface area contributed by atoms with E-state index in [0.717, 1.165) is 29.1 Å². The van der Waals surface area contributed by atoms with Crippen LogP contribution in [0.1, 0.15) is 36.7 Å². The maximum absolute atomic E-state index is 4.84. The molecule has 2 aromatic heterocycles. The summed E-state index contributed by atoms with van der Waals surface area (Å²) in [6.07, 6.45) is 2.76. The molecule has 124 valence electrons. The van der Waals surface area contributed by atoms with Gasteiger partial charge in [-0.25, -0.2) is 4.99 Å². The van der Waals surface area contributed by atoms with E-state index < -0.39 is 0 Å². The number of aryl methyl sites for hydroxylation is 2. The van der Waals surface area contributed by atoms with Gasteiger partial charge in [-0.1, -0.05) is 32.0 Å². The lowest BCUT2D eigenvalue weighted by Gasteiger charge is -2.06. The molecule has 0 fully saturated rings. The van der Waals surface area contributed by atoms with E-state index in [2.05, 4.69) is 66.0 Å². The SMILES string of the molecule is Cc1csc(=Nc2ccc(C(C)C)cc2)n1CCc1ccccn1. The average molecular weight is 337 g/mol. The third kappa shape index (κ3) is 4.01. The Kier molecular flexibility index (Phi) is 5.26. The Hall–Kier alpha value is -2.20. The first-order valence-electron chi connectivity index (χ1n) is 8.33. The zero-order valence-electron chi connectivity index (χ0n) is 14.4. The van der Waals surface area contributed by atoms with Gasteiger partial charge in [0.2, 0.25) is 0 Å². The molecule has 0 aliphatic heterocycles. The molecule has 0 spiro atoms. The highest BCUT2D eigenvalue weighted by Gasteiger charge is 2.03. The Labute approximate surface area is 147 Å². The van der Waals surface area contributed by atoms with Crippen molar-refractivity contribution in [2.24, 2.45) is 4.99 Å². The van der Waals surface area contributed by atoms with Crippen LogP contribution in [0.5, 0.6) is 0 Å². The highest BCUT2D eigenvalue weighted by atomic mass is 32.1. The Morgan fingerprint density at radius 2 is 1.92 bits per heavy atom. The fraction of sp³-hybridized carbons (Fsp3) is 0.300. The van der Waals surface area contributed by atoms with Crippen molar-refractivity contribution in [3.8, 4) is 0 Å². The van der Waals surface area contributed by atoms with Crippen molar-refractivity contribution in [1.29, 1.82) is 0 Å². The second-order valence-corrected chi connectivity index (χ2v) is 7.08. The van der Waals surface area contributed by atoms with Crippen LogP contribution in [0.15, 0.2) is 59.0 Å². The number of nitrogens with zero attached hydrogens (tertiary/aromatic N) is 3. The molecule has 2 heterocycles. The van der Waals surface area contributed by atoms with Gasteiger partial charge in [-0.3, -0.25) is 4.98 Å². The van der Waals surface area contributed by atoms with Crippen LogP contribution in [0.2, 0.25) is 0 Å². The summed E-state index contributed by atoms with van der Waals surface area (Å²) in [6.45, 7) is 7.45. The number of pyridine rings is 1. The smallest absolute Gasteiger partial charge is 0.190 e. The molecule has 1 aromatic carbocycles. The molecule has 0 radical (unpaired) electrons. The number of thiazole rings is 1. The quantitative estimate of drug-likeness (QED) is 0.654. The highest BCUT2D eigenvalue weighted by Crippen LogP contribution is 2.18. The number of hydrogen-bond donors (Lipinski definition) is 0. The van der Waals surface area contributed by atoms with Gasteiger partial charge in [0.25, 0.3) is 0 Å². The lowest BCUT2D eigenvalue weighted by atomic mass is 10.0. The van der Waals surface area contributed by atoms with Crippen molar-refractivity contribution in [3.63, 3.8) is 0 Å². The third-order valence-electron chi connectivity index (χ3n) is 4.09. The molecule has 0 N–H and O–H groups in total. The molecule has 3 rings (SSSR count). The van der Waals surface area contributed by atoms with E-state index in [1.54, 1.807) is 11.3 Å². The Balaban J connectivity index is 1.83. The lowest BCUT2D eigenvalue weighted by molar-refractivity contribution is 0.650. The van der Waals surface area contributed by atoms with E-state index in [9.17, 15) is 0 Å². The second kappa shape index (κ2) is 7.58. The highest BCUT2D eigenvalue weighted by molar-refractivity contribution is 7.07. The third-order valence-corrected chi connectivity index (χ3v) is 5.08. The van der Waals surface area contributed by atoms with Gasteiger partial charge in [0, 0.05) is 35.9 Å². The van der Waals surface area contributed by atoms with Crippen molar-refractivity contribution in [2.75, 3.05) is 0 Å². The number of benzene rings is 1. The maximum Gasteiger partial charge on any atom is 0.190 e. The van der Waals surface area contributed by atoms with Crippen LogP contribution in [-0.2, 0) is 13.0 Å². The molecule has 0 aliphatic rings. The largest absolute Gasteiger partial charge is 0.321 e. The molecule has 0 unspecified atom stereocenters. The van der Waals surface area contributed by atoms with Crippen LogP contribution < -0.4 is 4.80 Å². The first kappa shape index (κ1) is 16.7. The van der Waals surface area contributed by atoms with Gasteiger partial charge in [-0.2, -0.15) is 0 Å². The van der Waals surface area contributed by atoms with E-state index in [-0.39, 0.29) is 0 Å². The minimum absolute atomic E-state index is 0.548. The summed E-state index contributed by atoms with van der Waals surface area (Å²) in [7, 11) is 0. The molecule has 0 saturated carbocycles. The Bertz CT molecular complexity index is 843. The normalized spacial score (nSPS) is 12.1. The molecule has 0 aliphatic carbocycles. The summed E-state index contributed by atoms with van der Waals surface area (Å²) in [5, 5.41) is 2.17. The zero-order chi connectivity index (χ0) is 16.9. The first-order chi connectivity index (χ1) is 11.6.